The standard InChI is InChI=1S/C10H13NO3.ClH/c1-11(7-10(12)13)8-3-5-9(14-2)6-4-8;/h3-6H,7H2,1-2H3,(H,12,13);1H. The lowest BCUT2D eigenvalue weighted by atomic mass is 10.3. The fraction of sp³-hybridized carbons (Fsp3) is 0.300. The molecule has 1 N–H and O–H groups in total. The van der Waals surface area contributed by atoms with Gasteiger partial charge in [0.2, 0.25) is 0 Å². The maximum atomic E-state index is 10.4. The van der Waals surface area contributed by atoms with E-state index in [1.807, 2.05) is 12.1 Å². The molecule has 1 aromatic rings. The Morgan fingerprint density at radius 2 is 1.93 bits per heavy atom. The monoisotopic (exact) mass is 231 g/mol. The number of rotatable bonds is 4. The summed E-state index contributed by atoms with van der Waals surface area (Å²) in [7, 11) is 3.33. The van der Waals surface area contributed by atoms with Crippen molar-refractivity contribution in [3.05, 3.63) is 24.3 Å². The van der Waals surface area contributed by atoms with Crippen LogP contribution in [-0.2, 0) is 4.79 Å². The maximum absolute atomic E-state index is 10.4. The van der Waals surface area contributed by atoms with Gasteiger partial charge in [0.1, 0.15) is 12.3 Å². The molecule has 0 aromatic heterocycles. The zero-order valence-corrected chi connectivity index (χ0v) is 9.45. The Morgan fingerprint density at radius 3 is 2.33 bits per heavy atom. The number of carbonyl (C=O) groups is 1. The molecule has 0 spiro atoms. The highest BCUT2D eigenvalue weighted by atomic mass is 35.5. The molecule has 0 bridgehead atoms. The lowest BCUT2D eigenvalue weighted by Gasteiger charge is -2.16. The second-order valence-electron chi connectivity index (χ2n) is 2.95. The van der Waals surface area contributed by atoms with Crippen molar-refractivity contribution in [3.63, 3.8) is 0 Å². The molecule has 0 unspecified atom stereocenters. The third-order valence-corrected chi connectivity index (χ3v) is 1.89. The van der Waals surface area contributed by atoms with Crippen molar-refractivity contribution in [2.24, 2.45) is 0 Å². The normalized spacial score (nSPS) is 8.93. The predicted molar refractivity (Wildman–Crippen MR) is 61.1 cm³/mol. The number of carboxylic acids is 1. The second-order valence-corrected chi connectivity index (χ2v) is 2.95. The molecule has 0 aliphatic carbocycles. The Bertz CT molecular complexity index is 313. The number of halogens is 1. The molecule has 4 nitrogen and oxygen atoms in total. The molecule has 5 heteroatoms. The van der Waals surface area contributed by atoms with Crippen molar-refractivity contribution in [2.75, 3.05) is 25.6 Å². The van der Waals surface area contributed by atoms with Gasteiger partial charge >= 0.3 is 5.97 Å². The number of methoxy groups -OCH3 is 1. The van der Waals surface area contributed by atoms with E-state index in [1.54, 1.807) is 31.2 Å². The number of nitrogens with zero attached hydrogens (tertiary/aromatic N) is 1. The molecular weight excluding hydrogens is 218 g/mol. The zero-order chi connectivity index (χ0) is 10.6. The first-order chi connectivity index (χ1) is 6.63. The minimum Gasteiger partial charge on any atom is -0.497 e. The molecule has 0 amide bonds. The predicted octanol–water partition coefficient (Wildman–Crippen LogP) is 1.64. The van der Waals surface area contributed by atoms with E-state index in [9.17, 15) is 4.79 Å². The van der Waals surface area contributed by atoms with E-state index in [1.165, 1.54) is 0 Å². The fourth-order valence-corrected chi connectivity index (χ4v) is 1.13. The summed E-state index contributed by atoms with van der Waals surface area (Å²) in [5.74, 6) is -0.0826. The van der Waals surface area contributed by atoms with Gasteiger partial charge in [0.05, 0.1) is 7.11 Å². The summed E-state index contributed by atoms with van der Waals surface area (Å²) in [5.41, 5.74) is 0.855. The molecule has 84 valence electrons. The van der Waals surface area contributed by atoms with Gasteiger partial charge in [-0.3, -0.25) is 4.79 Å². The van der Waals surface area contributed by atoms with Crippen LogP contribution in [0.25, 0.3) is 0 Å². The molecule has 0 radical (unpaired) electrons. The average molecular weight is 232 g/mol. The first kappa shape index (κ1) is 13.6. The average Bonchev–Trinajstić information content (AvgIpc) is 2.17. The third-order valence-electron chi connectivity index (χ3n) is 1.89. The van der Waals surface area contributed by atoms with Crippen molar-refractivity contribution in [3.8, 4) is 5.75 Å². The molecule has 0 heterocycles. The topological polar surface area (TPSA) is 49.8 Å². The smallest absolute Gasteiger partial charge is 0.323 e. The van der Waals surface area contributed by atoms with E-state index in [0.29, 0.717) is 0 Å². The Morgan fingerprint density at radius 1 is 1.40 bits per heavy atom. The number of aliphatic carboxylic acids is 1. The molecule has 0 aliphatic heterocycles. The summed E-state index contributed by atoms with van der Waals surface area (Å²) >= 11 is 0. The molecule has 0 saturated heterocycles. The van der Waals surface area contributed by atoms with Gasteiger partial charge in [0, 0.05) is 12.7 Å². The molecule has 15 heavy (non-hydrogen) atoms. The molecular formula is C10H14ClNO3. The summed E-state index contributed by atoms with van der Waals surface area (Å²) in [6.45, 7) is -0.00761. The van der Waals surface area contributed by atoms with Crippen LogP contribution in [0.3, 0.4) is 0 Å². The summed E-state index contributed by atoms with van der Waals surface area (Å²) in [6.07, 6.45) is 0. The van der Waals surface area contributed by atoms with Crippen LogP contribution in [0.1, 0.15) is 0 Å². The number of likely N-dealkylation sites (N-methyl/N-ethyl adjacent to an activating group) is 1. The molecule has 1 rings (SSSR count). The summed E-state index contributed by atoms with van der Waals surface area (Å²) in [6, 6.07) is 7.24. The van der Waals surface area contributed by atoms with Crippen LogP contribution < -0.4 is 9.64 Å². The second kappa shape index (κ2) is 6.14. The van der Waals surface area contributed by atoms with Crippen LogP contribution in [0.2, 0.25) is 0 Å². The highest BCUT2D eigenvalue weighted by molar-refractivity contribution is 5.85. The number of carboxylic acid groups (broad SMARTS) is 1. The SMILES string of the molecule is COc1ccc(N(C)CC(=O)O)cc1.Cl. The third kappa shape index (κ3) is 4.08. The first-order valence-corrected chi connectivity index (χ1v) is 4.20. The molecule has 0 atom stereocenters. The van der Waals surface area contributed by atoms with Crippen LogP contribution in [0.4, 0.5) is 5.69 Å². The zero-order valence-electron chi connectivity index (χ0n) is 8.64. The Balaban J connectivity index is 0.00000196. The van der Waals surface area contributed by atoms with Gasteiger partial charge in [0.15, 0.2) is 0 Å². The lowest BCUT2D eigenvalue weighted by molar-refractivity contribution is -0.135. The number of ether oxygens (including phenoxy) is 1. The van der Waals surface area contributed by atoms with Crippen LogP contribution >= 0.6 is 12.4 Å². The molecule has 0 aliphatic rings. The van der Waals surface area contributed by atoms with Gasteiger partial charge in [-0.25, -0.2) is 0 Å². The summed E-state index contributed by atoms with van der Waals surface area (Å²) < 4.78 is 5.00. The van der Waals surface area contributed by atoms with E-state index in [-0.39, 0.29) is 19.0 Å². The lowest BCUT2D eigenvalue weighted by Crippen LogP contribution is -2.24. The Kier molecular flexibility index (Phi) is 5.56. The van der Waals surface area contributed by atoms with Gasteiger partial charge in [-0.2, -0.15) is 0 Å². The summed E-state index contributed by atoms with van der Waals surface area (Å²) in [4.78, 5) is 12.1. The van der Waals surface area contributed by atoms with Crippen LogP contribution in [0.5, 0.6) is 5.75 Å². The Labute approximate surface area is 94.9 Å². The van der Waals surface area contributed by atoms with Crippen molar-refractivity contribution >= 4 is 24.1 Å². The van der Waals surface area contributed by atoms with E-state index < -0.39 is 5.97 Å². The number of benzene rings is 1. The minimum absolute atomic E-state index is 0. The van der Waals surface area contributed by atoms with E-state index in [4.69, 9.17) is 9.84 Å². The number of hydrogen-bond donors (Lipinski definition) is 1. The number of hydrogen-bond acceptors (Lipinski definition) is 3. The van der Waals surface area contributed by atoms with Crippen molar-refractivity contribution < 1.29 is 14.6 Å². The van der Waals surface area contributed by atoms with Crippen LogP contribution in [0, 0.1) is 0 Å². The van der Waals surface area contributed by atoms with Gasteiger partial charge in [0.25, 0.3) is 0 Å². The van der Waals surface area contributed by atoms with Crippen molar-refractivity contribution in [2.45, 2.75) is 0 Å². The summed E-state index contributed by atoms with van der Waals surface area (Å²) in [5, 5.41) is 8.58. The van der Waals surface area contributed by atoms with E-state index in [0.717, 1.165) is 11.4 Å². The minimum atomic E-state index is -0.844. The van der Waals surface area contributed by atoms with Gasteiger partial charge in [-0.05, 0) is 24.3 Å². The van der Waals surface area contributed by atoms with Crippen molar-refractivity contribution in [1.82, 2.24) is 0 Å². The highest BCUT2D eigenvalue weighted by Crippen LogP contribution is 2.17. The van der Waals surface area contributed by atoms with E-state index in [2.05, 4.69) is 0 Å². The Hall–Kier alpha value is -1.42. The van der Waals surface area contributed by atoms with Crippen LogP contribution in [-0.4, -0.2) is 31.8 Å². The molecule has 1 aromatic carbocycles. The molecule has 0 fully saturated rings. The molecule has 0 saturated carbocycles. The van der Waals surface area contributed by atoms with Crippen molar-refractivity contribution in [1.29, 1.82) is 0 Å². The van der Waals surface area contributed by atoms with Gasteiger partial charge < -0.3 is 14.7 Å². The van der Waals surface area contributed by atoms with Gasteiger partial charge in [-0.1, -0.05) is 0 Å². The van der Waals surface area contributed by atoms with Crippen LogP contribution in [0.15, 0.2) is 24.3 Å². The maximum Gasteiger partial charge on any atom is 0.323 e. The van der Waals surface area contributed by atoms with Gasteiger partial charge in [-0.15, -0.1) is 12.4 Å². The quantitative estimate of drug-likeness (QED) is 0.856. The first-order valence-electron chi connectivity index (χ1n) is 4.20. The largest absolute Gasteiger partial charge is 0.497 e. The fourth-order valence-electron chi connectivity index (χ4n) is 1.13. The highest BCUT2D eigenvalue weighted by Gasteiger charge is 2.04. The van der Waals surface area contributed by atoms with E-state index >= 15 is 0 Å². The number of anilines is 1.